The lowest BCUT2D eigenvalue weighted by Gasteiger charge is -2.15. The number of hydrogen-bond acceptors (Lipinski definition) is 4. The normalized spacial score (nSPS) is 11.9. The maximum Gasteiger partial charge on any atom is 0.417 e. The van der Waals surface area contributed by atoms with Gasteiger partial charge >= 0.3 is 12.1 Å². The van der Waals surface area contributed by atoms with Crippen molar-refractivity contribution >= 4 is 27.4 Å². The molecule has 1 aromatic heterocycles. The van der Waals surface area contributed by atoms with Gasteiger partial charge in [-0.25, -0.2) is 8.42 Å². The van der Waals surface area contributed by atoms with Crippen LogP contribution in [0.3, 0.4) is 0 Å². The van der Waals surface area contributed by atoms with Gasteiger partial charge in [-0.3, -0.25) is 9.59 Å². The number of amides is 1. The summed E-state index contributed by atoms with van der Waals surface area (Å²) in [6.07, 6.45) is -2.47. The van der Waals surface area contributed by atoms with Gasteiger partial charge < -0.3 is 15.0 Å². The van der Waals surface area contributed by atoms with E-state index in [1.54, 1.807) is 0 Å². The van der Waals surface area contributed by atoms with E-state index in [0.717, 1.165) is 16.9 Å². The average Bonchev–Trinajstić information content (AvgIpc) is 3.02. The smallest absolute Gasteiger partial charge is 0.417 e. The SMILES string of the molecule is Cc1c(C(=O)Nc2ccc(S(C)(=O)=O)cc2)cn(CC(=O)O)c1-c1ccccc1C(F)(F)F. The van der Waals surface area contributed by atoms with Gasteiger partial charge in [-0.1, -0.05) is 18.2 Å². The number of halogens is 3. The van der Waals surface area contributed by atoms with Crippen molar-refractivity contribution in [2.45, 2.75) is 24.5 Å². The van der Waals surface area contributed by atoms with Gasteiger partial charge in [0.2, 0.25) is 0 Å². The van der Waals surface area contributed by atoms with Gasteiger partial charge in [0.25, 0.3) is 5.91 Å². The Hall–Kier alpha value is -3.60. The molecular weight excluding hydrogens is 461 g/mol. The van der Waals surface area contributed by atoms with Crippen LogP contribution in [0.5, 0.6) is 0 Å². The number of carbonyl (C=O) groups excluding carboxylic acids is 1. The Kier molecular flexibility index (Phi) is 6.37. The molecule has 11 heteroatoms. The molecular formula is C22H19F3N2O5S. The predicted octanol–water partition coefficient (Wildman–Crippen LogP) is 4.22. The summed E-state index contributed by atoms with van der Waals surface area (Å²) in [7, 11) is -3.43. The summed E-state index contributed by atoms with van der Waals surface area (Å²) in [5.41, 5.74) is -0.840. The lowest BCUT2D eigenvalue weighted by Crippen LogP contribution is -2.13. The second kappa shape index (κ2) is 8.74. The van der Waals surface area contributed by atoms with Gasteiger partial charge in [0.15, 0.2) is 9.84 Å². The number of benzene rings is 2. The fourth-order valence-corrected chi connectivity index (χ4v) is 4.07. The number of rotatable bonds is 6. The molecule has 174 valence electrons. The molecule has 1 amide bonds. The number of hydrogen-bond donors (Lipinski definition) is 2. The van der Waals surface area contributed by atoms with Gasteiger partial charge in [-0.2, -0.15) is 13.2 Å². The molecule has 0 spiro atoms. The number of sulfone groups is 1. The van der Waals surface area contributed by atoms with Crippen molar-refractivity contribution in [2.24, 2.45) is 0 Å². The first-order chi connectivity index (χ1) is 15.3. The number of carboxylic acid groups (broad SMARTS) is 1. The zero-order valence-corrected chi connectivity index (χ0v) is 18.3. The van der Waals surface area contributed by atoms with Crippen LogP contribution in [0.15, 0.2) is 59.6 Å². The molecule has 7 nitrogen and oxygen atoms in total. The molecule has 0 bridgehead atoms. The lowest BCUT2D eigenvalue weighted by atomic mass is 10.00. The summed E-state index contributed by atoms with van der Waals surface area (Å²) in [6, 6.07) is 10.1. The maximum atomic E-state index is 13.6. The molecule has 1 heterocycles. The van der Waals surface area contributed by atoms with Crippen LogP contribution in [0, 0.1) is 6.92 Å². The van der Waals surface area contributed by atoms with Gasteiger partial charge in [-0.15, -0.1) is 0 Å². The van der Waals surface area contributed by atoms with Crippen LogP contribution in [-0.4, -0.2) is 36.2 Å². The highest BCUT2D eigenvalue weighted by Gasteiger charge is 2.35. The van der Waals surface area contributed by atoms with Crippen LogP contribution in [0.25, 0.3) is 11.3 Å². The van der Waals surface area contributed by atoms with E-state index in [4.69, 9.17) is 0 Å². The highest BCUT2D eigenvalue weighted by molar-refractivity contribution is 7.90. The third-order valence-electron chi connectivity index (χ3n) is 4.91. The first-order valence-electron chi connectivity index (χ1n) is 9.48. The largest absolute Gasteiger partial charge is 0.480 e. The fourth-order valence-electron chi connectivity index (χ4n) is 3.44. The van der Waals surface area contributed by atoms with Gasteiger partial charge in [-0.05, 0) is 42.8 Å². The first-order valence-corrected chi connectivity index (χ1v) is 11.4. The van der Waals surface area contributed by atoms with Crippen molar-refractivity contribution in [3.63, 3.8) is 0 Å². The van der Waals surface area contributed by atoms with E-state index in [-0.39, 0.29) is 33.0 Å². The summed E-state index contributed by atoms with van der Waals surface area (Å²) < 4.78 is 65.0. The number of nitrogens with zero attached hydrogens (tertiary/aromatic N) is 1. The minimum Gasteiger partial charge on any atom is -0.480 e. The third kappa shape index (κ3) is 5.25. The standard InChI is InChI=1S/C22H19F3N2O5S/c1-13-17(21(30)26-14-7-9-15(10-8-14)33(2,31)32)11-27(12-19(28)29)20(13)16-5-3-4-6-18(16)22(23,24)25/h3-11H,12H2,1-2H3,(H,26,30)(H,28,29). The molecule has 2 N–H and O–H groups in total. The number of carbonyl (C=O) groups is 2. The highest BCUT2D eigenvalue weighted by atomic mass is 32.2. The van der Waals surface area contributed by atoms with Crippen LogP contribution in [0.1, 0.15) is 21.5 Å². The highest BCUT2D eigenvalue weighted by Crippen LogP contribution is 2.39. The van der Waals surface area contributed by atoms with E-state index in [0.29, 0.717) is 0 Å². The molecule has 2 aromatic carbocycles. The van der Waals surface area contributed by atoms with E-state index in [2.05, 4.69) is 5.32 Å². The van der Waals surface area contributed by atoms with Crippen LogP contribution >= 0.6 is 0 Å². The van der Waals surface area contributed by atoms with Gasteiger partial charge in [0.05, 0.1) is 21.7 Å². The fraction of sp³-hybridized carbons (Fsp3) is 0.182. The van der Waals surface area contributed by atoms with Crippen LogP contribution in [0.2, 0.25) is 0 Å². The Balaban J connectivity index is 2.06. The zero-order valence-electron chi connectivity index (χ0n) is 17.5. The number of carboxylic acids is 1. The molecule has 0 atom stereocenters. The molecule has 0 radical (unpaired) electrons. The molecule has 0 fully saturated rings. The molecule has 0 aliphatic heterocycles. The van der Waals surface area contributed by atoms with Crippen LogP contribution in [0.4, 0.5) is 18.9 Å². The monoisotopic (exact) mass is 480 g/mol. The Morgan fingerprint density at radius 1 is 1.06 bits per heavy atom. The maximum absolute atomic E-state index is 13.6. The summed E-state index contributed by atoms with van der Waals surface area (Å²) in [5.74, 6) is -1.98. The summed E-state index contributed by atoms with van der Waals surface area (Å²) in [4.78, 5) is 24.3. The molecule has 0 aliphatic rings. The van der Waals surface area contributed by atoms with E-state index in [1.807, 2.05) is 0 Å². The number of nitrogens with one attached hydrogen (secondary N) is 1. The van der Waals surface area contributed by atoms with E-state index < -0.39 is 40.0 Å². The summed E-state index contributed by atoms with van der Waals surface area (Å²) in [6.45, 7) is 0.779. The zero-order chi connectivity index (χ0) is 24.6. The first kappa shape index (κ1) is 24.1. The van der Waals surface area contributed by atoms with E-state index in [9.17, 15) is 36.3 Å². The Bertz CT molecular complexity index is 1330. The topological polar surface area (TPSA) is 105 Å². The Morgan fingerprint density at radius 2 is 1.67 bits per heavy atom. The second-order valence-corrected chi connectivity index (χ2v) is 9.35. The number of aliphatic carboxylic acids is 1. The van der Waals surface area contributed by atoms with Crippen molar-refractivity contribution in [1.82, 2.24) is 4.57 Å². The Labute approximate surface area is 187 Å². The number of aromatic nitrogens is 1. The van der Waals surface area contributed by atoms with Gasteiger partial charge in [0, 0.05) is 23.7 Å². The van der Waals surface area contributed by atoms with E-state index >= 15 is 0 Å². The molecule has 3 aromatic rings. The number of alkyl halides is 3. The lowest BCUT2D eigenvalue weighted by molar-refractivity contribution is -0.138. The molecule has 0 aliphatic carbocycles. The molecule has 0 saturated carbocycles. The second-order valence-electron chi connectivity index (χ2n) is 7.33. The molecule has 0 saturated heterocycles. The minimum absolute atomic E-state index is 0.0181. The van der Waals surface area contributed by atoms with E-state index in [1.165, 1.54) is 55.6 Å². The minimum atomic E-state index is -4.69. The molecule has 3 rings (SSSR count). The van der Waals surface area contributed by atoms with Crippen molar-refractivity contribution in [3.05, 3.63) is 71.4 Å². The third-order valence-corrected chi connectivity index (χ3v) is 6.04. The van der Waals surface area contributed by atoms with Gasteiger partial charge in [0.1, 0.15) is 6.54 Å². The van der Waals surface area contributed by atoms with Crippen molar-refractivity contribution < 1.29 is 36.3 Å². The average molecular weight is 480 g/mol. The number of anilines is 1. The Morgan fingerprint density at radius 3 is 2.21 bits per heavy atom. The van der Waals surface area contributed by atoms with Crippen LogP contribution in [-0.2, 0) is 27.4 Å². The van der Waals surface area contributed by atoms with Crippen molar-refractivity contribution in [1.29, 1.82) is 0 Å². The molecule has 33 heavy (non-hydrogen) atoms. The summed E-state index contributed by atoms with van der Waals surface area (Å²) >= 11 is 0. The predicted molar refractivity (Wildman–Crippen MR) is 115 cm³/mol. The summed E-state index contributed by atoms with van der Waals surface area (Å²) in [5, 5.41) is 11.8. The van der Waals surface area contributed by atoms with Crippen molar-refractivity contribution in [3.8, 4) is 11.3 Å². The quantitative estimate of drug-likeness (QED) is 0.550. The van der Waals surface area contributed by atoms with Crippen molar-refractivity contribution in [2.75, 3.05) is 11.6 Å². The molecule has 0 unspecified atom stereocenters. The van der Waals surface area contributed by atoms with Crippen LogP contribution < -0.4 is 5.32 Å².